The molecule has 3 aromatic rings. The van der Waals surface area contributed by atoms with E-state index in [-0.39, 0.29) is 11.8 Å². The number of hydrogen-bond acceptors (Lipinski definition) is 5. The van der Waals surface area contributed by atoms with E-state index in [1.54, 1.807) is 6.20 Å². The lowest BCUT2D eigenvalue weighted by Crippen LogP contribution is -2.29. The van der Waals surface area contributed by atoms with Gasteiger partial charge in [-0.1, -0.05) is 42.5 Å². The fourth-order valence-corrected chi connectivity index (χ4v) is 4.51. The largest absolute Gasteiger partial charge is 0.355 e. The molecule has 1 aromatic heterocycles. The average Bonchev–Trinajstić information content (AvgIpc) is 3.40. The molecule has 2 aromatic carbocycles. The van der Waals surface area contributed by atoms with Crippen LogP contribution in [0.1, 0.15) is 27.2 Å². The van der Waals surface area contributed by atoms with Gasteiger partial charge in [-0.05, 0) is 29.2 Å². The lowest BCUT2D eigenvalue weighted by molar-refractivity contribution is -0.118. The Labute approximate surface area is 180 Å². The molecule has 154 valence electrons. The predicted octanol–water partition coefficient (Wildman–Crippen LogP) is 3.24. The smallest absolute Gasteiger partial charge is 0.287 e. The number of benzene rings is 2. The van der Waals surface area contributed by atoms with Crippen LogP contribution >= 0.6 is 11.3 Å². The van der Waals surface area contributed by atoms with Crippen molar-refractivity contribution in [3.05, 3.63) is 70.2 Å². The molecule has 0 radical (unpaired) electrons. The van der Waals surface area contributed by atoms with Crippen LogP contribution in [-0.4, -0.2) is 36.4 Å². The molecule has 0 unspecified atom stereocenters. The van der Waals surface area contributed by atoms with Gasteiger partial charge in [0.1, 0.15) is 0 Å². The highest BCUT2D eigenvalue weighted by molar-refractivity contribution is 7.13. The number of aromatic nitrogens is 1. The normalized spacial score (nSPS) is 12.6. The Hall–Kier alpha value is -3.03. The van der Waals surface area contributed by atoms with Gasteiger partial charge < -0.3 is 15.5 Å². The summed E-state index contributed by atoms with van der Waals surface area (Å²) in [5.74, 6) is -0.0859. The van der Waals surface area contributed by atoms with E-state index in [4.69, 9.17) is 0 Å². The van der Waals surface area contributed by atoms with E-state index in [0.717, 1.165) is 17.0 Å². The number of anilines is 1. The minimum absolute atomic E-state index is 0.0382. The van der Waals surface area contributed by atoms with E-state index >= 15 is 0 Å². The Bertz CT molecular complexity index is 1050. The van der Waals surface area contributed by atoms with Crippen molar-refractivity contribution in [2.45, 2.75) is 19.9 Å². The number of nitrogens with zero attached hydrogens (tertiary/aromatic N) is 2. The zero-order chi connectivity index (χ0) is 20.9. The molecule has 2 heterocycles. The Morgan fingerprint density at radius 3 is 2.73 bits per heavy atom. The molecule has 4 rings (SSSR count). The van der Waals surface area contributed by atoms with Gasteiger partial charge in [-0.3, -0.25) is 9.59 Å². The van der Waals surface area contributed by atoms with E-state index in [2.05, 4.69) is 33.8 Å². The summed E-state index contributed by atoms with van der Waals surface area (Å²) in [6.07, 6.45) is 2.59. The second-order valence-electron chi connectivity index (χ2n) is 7.17. The monoisotopic (exact) mass is 420 g/mol. The van der Waals surface area contributed by atoms with Crippen LogP contribution in [0, 0.1) is 0 Å². The van der Waals surface area contributed by atoms with Crippen molar-refractivity contribution in [2.75, 3.05) is 24.5 Å². The number of carbonyl (C=O) groups excluding carboxylic acids is 2. The fourth-order valence-electron chi connectivity index (χ4n) is 3.68. The summed E-state index contributed by atoms with van der Waals surface area (Å²) in [6, 6.07) is 16.4. The minimum atomic E-state index is -0.0477. The molecule has 0 aliphatic carbocycles. The summed E-state index contributed by atoms with van der Waals surface area (Å²) in [5.41, 5.74) is 4.55. The van der Waals surface area contributed by atoms with Crippen LogP contribution in [0.2, 0.25) is 0 Å². The summed E-state index contributed by atoms with van der Waals surface area (Å²) in [6.45, 7) is 4.04. The van der Waals surface area contributed by atoms with Crippen molar-refractivity contribution in [2.24, 2.45) is 0 Å². The lowest BCUT2D eigenvalue weighted by atomic mass is 9.98. The first kappa shape index (κ1) is 20.3. The molecule has 0 saturated heterocycles. The molecule has 0 saturated carbocycles. The number of fused-ring (bicyclic) bond motifs is 1. The van der Waals surface area contributed by atoms with Gasteiger partial charge in [-0.25, -0.2) is 4.98 Å². The van der Waals surface area contributed by atoms with E-state index in [0.29, 0.717) is 31.2 Å². The summed E-state index contributed by atoms with van der Waals surface area (Å²) in [4.78, 5) is 31.2. The van der Waals surface area contributed by atoms with Crippen molar-refractivity contribution in [1.82, 2.24) is 15.6 Å². The third kappa shape index (κ3) is 4.42. The molecule has 2 amide bonds. The molecule has 0 bridgehead atoms. The van der Waals surface area contributed by atoms with E-state index in [1.165, 1.54) is 35.0 Å². The summed E-state index contributed by atoms with van der Waals surface area (Å²) in [5, 5.41) is 6.50. The summed E-state index contributed by atoms with van der Waals surface area (Å²) < 4.78 is 0. The maximum Gasteiger partial charge on any atom is 0.287 e. The first-order valence-electron chi connectivity index (χ1n) is 10.0. The zero-order valence-corrected chi connectivity index (χ0v) is 17.7. The van der Waals surface area contributed by atoms with Gasteiger partial charge in [-0.15, -0.1) is 11.3 Å². The van der Waals surface area contributed by atoms with Gasteiger partial charge in [0, 0.05) is 49.9 Å². The Balaban J connectivity index is 1.44. The molecular weight excluding hydrogens is 396 g/mol. The van der Waals surface area contributed by atoms with Gasteiger partial charge in [0.05, 0.1) is 0 Å². The third-order valence-electron chi connectivity index (χ3n) is 5.07. The van der Waals surface area contributed by atoms with Crippen molar-refractivity contribution < 1.29 is 9.59 Å². The Morgan fingerprint density at radius 2 is 1.93 bits per heavy atom. The second kappa shape index (κ2) is 9.19. The molecular formula is C23H24N4O2S. The number of amides is 2. The number of nitrogens with one attached hydrogen (secondary N) is 2. The third-order valence-corrected chi connectivity index (χ3v) is 6.05. The van der Waals surface area contributed by atoms with Crippen LogP contribution in [0.15, 0.2) is 54.7 Å². The van der Waals surface area contributed by atoms with Crippen molar-refractivity contribution in [3.8, 4) is 11.1 Å². The van der Waals surface area contributed by atoms with Crippen LogP contribution in [0.25, 0.3) is 11.1 Å². The molecule has 0 atom stereocenters. The van der Waals surface area contributed by atoms with E-state index in [1.807, 2.05) is 35.2 Å². The van der Waals surface area contributed by atoms with Crippen LogP contribution in [0.4, 0.5) is 5.69 Å². The quantitative estimate of drug-likeness (QED) is 0.576. The van der Waals surface area contributed by atoms with E-state index in [9.17, 15) is 9.59 Å². The summed E-state index contributed by atoms with van der Waals surface area (Å²) in [7, 11) is 0. The van der Waals surface area contributed by atoms with Crippen LogP contribution < -0.4 is 15.5 Å². The summed E-state index contributed by atoms with van der Waals surface area (Å²) >= 11 is 1.42. The number of carbonyl (C=O) groups is 2. The molecule has 1 aliphatic rings. The molecule has 1 aliphatic heterocycles. The average molecular weight is 421 g/mol. The number of hydrogen-bond donors (Lipinski definition) is 2. The highest BCUT2D eigenvalue weighted by Gasteiger charge is 2.29. The standard InChI is InChI=1S/C23H24N4O2S/c1-16(28)25-12-11-24-14-18-15-26-22(30-18)23(29)27-13-10-20-19(8-5-9-21(20)27)17-6-3-2-4-7-17/h2-9,15,24H,10-14H2,1H3,(H,25,28). The SMILES string of the molecule is CC(=O)NCCNCc1cnc(C(=O)N2CCc3c(-c4ccccc4)cccc32)s1. The van der Waals surface area contributed by atoms with Crippen LogP contribution in [-0.2, 0) is 17.8 Å². The van der Waals surface area contributed by atoms with Crippen molar-refractivity contribution in [3.63, 3.8) is 0 Å². The number of rotatable bonds is 7. The minimum Gasteiger partial charge on any atom is -0.355 e. The van der Waals surface area contributed by atoms with Crippen molar-refractivity contribution >= 4 is 28.8 Å². The second-order valence-corrected chi connectivity index (χ2v) is 8.28. The first-order chi connectivity index (χ1) is 14.6. The Kier molecular flexibility index (Phi) is 6.21. The maximum atomic E-state index is 13.1. The zero-order valence-electron chi connectivity index (χ0n) is 16.9. The van der Waals surface area contributed by atoms with Gasteiger partial charge in [0.15, 0.2) is 5.01 Å². The molecule has 6 nitrogen and oxygen atoms in total. The van der Waals surface area contributed by atoms with Gasteiger partial charge >= 0.3 is 0 Å². The molecule has 30 heavy (non-hydrogen) atoms. The molecule has 0 fully saturated rings. The number of thiazole rings is 1. The highest BCUT2D eigenvalue weighted by Crippen LogP contribution is 2.37. The maximum absolute atomic E-state index is 13.1. The van der Waals surface area contributed by atoms with Gasteiger partial charge in [-0.2, -0.15) is 0 Å². The predicted molar refractivity (Wildman–Crippen MR) is 120 cm³/mol. The molecule has 0 spiro atoms. The van der Waals surface area contributed by atoms with Gasteiger partial charge in [0.2, 0.25) is 5.91 Å². The molecule has 2 N–H and O–H groups in total. The van der Waals surface area contributed by atoms with Crippen molar-refractivity contribution in [1.29, 1.82) is 0 Å². The first-order valence-corrected chi connectivity index (χ1v) is 10.8. The van der Waals surface area contributed by atoms with Crippen LogP contribution in [0.5, 0.6) is 0 Å². The van der Waals surface area contributed by atoms with Gasteiger partial charge in [0.25, 0.3) is 5.91 Å². The fraction of sp³-hybridized carbons (Fsp3) is 0.261. The lowest BCUT2D eigenvalue weighted by Gasteiger charge is -2.16. The highest BCUT2D eigenvalue weighted by atomic mass is 32.1. The van der Waals surface area contributed by atoms with E-state index < -0.39 is 0 Å². The van der Waals surface area contributed by atoms with Crippen LogP contribution in [0.3, 0.4) is 0 Å². The Morgan fingerprint density at radius 1 is 1.10 bits per heavy atom. The topological polar surface area (TPSA) is 74.3 Å². The molecule has 7 heteroatoms.